The lowest BCUT2D eigenvalue weighted by Gasteiger charge is -2.31. The SMILES string of the molecule is COc1cc(C=c2sc3n(c2=O)[C@@H](c2ccccc2Cl)C2=C(N=3)c3ccccc3CC2)c([N+](=O)[O-])cc1OCc1ccccc1. The van der Waals surface area contributed by atoms with E-state index in [1.807, 2.05) is 66.7 Å². The van der Waals surface area contributed by atoms with Crippen LogP contribution in [0.15, 0.2) is 106 Å². The van der Waals surface area contributed by atoms with Crippen molar-refractivity contribution in [3.05, 3.63) is 159 Å². The van der Waals surface area contributed by atoms with Gasteiger partial charge < -0.3 is 9.47 Å². The van der Waals surface area contributed by atoms with E-state index in [9.17, 15) is 14.9 Å². The van der Waals surface area contributed by atoms with Gasteiger partial charge in [-0.2, -0.15) is 0 Å². The molecule has 2 heterocycles. The first kappa shape index (κ1) is 28.8. The van der Waals surface area contributed by atoms with Crippen molar-refractivity contribution in [3.8, 4) is 11.5 Å². The maximum absolute atomic E-state index is 14.2. The molecule has 7 rings (SSSR count). The van der Waals surface area contributed by atoms with E-state index >= 15 is 0 Å². The highest BCUT2D eigenvalue weighted by Gasteiger charge is 2.33. The summed E-state index contributed by atoms with van der Waals surface area (Å²) in [7, 11) is 1.47. The van der Waals surface area contributed by atoms with Gasteiger partial charge in [-0.1, -0.05) is 95.7 Å². The van der Waals surface area contributed by atoms with E-state index in [1.54, 1.807) is 4.57 Å². The molecule has 1 aromatic heterocycles. The number of aromatic nitrogens is 1. The summed E-state index contributed by atoms with van der Waals surface area (Å²) in [4.78, 5) is 31.5. The fourth-order valence-electron chi connectivity index (χ4n) is 5.98. The highest BCUT2D eigenvalue weighted by molar-refractivity contribution is 7.07. The monoisotopic (exact) mass is 635 g/mol. The number of nitro benzene ring substituents is 1. The molecule has 0 spiro atoms. The molecule has 0 bridgehead atoms. The summed E-state index contributed by atoms with van der Waals surface area (Å²) < 4.78 is 13.5. The zero-order valence-corrected chi connectivity index (χ0v) is 25.7. The third-order valence-electron chi connectivity index (χ3n) is 8.11. The Balaban J connectivity index is 1.39. The van der Waals surface area contributed by atoms with Gasteiger partial charge in [0.1, 0.15) is 6.61 Å². The molecule has 0 N–H and O–H groups in total. The predicted octanol–water partition coefficient (Wildman–Crippen LogP) is 6.47. The molecule has 0 radical (unpaired) electrons. The Kier molecular flexibility index (Phi) is 7.56. The van der Waals surface area contributed by atoms with E-state index in [1.165, 1.54) is 42.2 Å². The minimum atomic E-state index is -0.486. The number of methoxy groups -OCH3 is 1. The highest BCUT2D eigenvalue weighted by atomic mass is 35.5. The largest absolute Gasteiger partial charge is 0.493 e. The topological polar surface area (TPSA) is 96.0 Å². The fourth-order valence-corrected chi connectivity index (χ4v) is 7.21. The van der Waals surface area contributed by atoms with Crippen molar-refractivity contribution in [1.29, 1.82) is 0 Å². The summed E-state index contributed by atoms with van der Waals surface area (Å²) in [6.45, 7) is 0.210. The zero-order valence-electron chi connectivity index (χ0n) is 24.1. The van der Waals surface area contributed by atoms with Gasteiger partial charge in [0, 0.05) is 10.6 Å². The van der Waals surface area contributed by atoms with Crippen molar-refractivity contribution in [2.45, 2.75) is 25.5 Å². The minimum absolute atomic E-state index is 0.208. The van der Waals surface area contributed by atoms with Crippen LogP contribution in [0.4, 0.5) is 5.69 Å². The molecule has 0 amide bonds. The lowest BCUT2D eigenvalue weighted by molar-refractivity contribution is -0.385. The van der Waals surface area contributed by atoms with Crippen LogP contribution in [-0.2, 0) is 13.0 Å². The number of halogens is 1. The predicted molar refractivity (Wildman–Crippen MR) is 175 cm³/mol. The summed E-state index contributed by atoms with van der Waals surface area (Å²) >= 11 is 7.93. The molecule has 0 saturated carbocycles. The van der Waals surface area contributed by atoms with Crippen LogP contribution >= 0.6 is 22.9 Å². The van der Waals surface area contributed by atoms with Crippen molar-refractivity contribution in [2.24, 2.45) is 4.99 Å². The first-order chi connectivity index (χ1) is 21.9. The molecule has 2 aliphatic rings. The minimum Gasteiger partial charge on any atom is -0.493 e. The van der Waals surface area contributed by atoms with Crippen molar-refractivity contribution in [3.63, 3.8) is 0 Å². The molecule has 0 saturated heterocycles. The highest BCUT2D eigenvalue weighted by Crippen LogP contribution is 2.43. The van der Waals surface area contributed by atoms with E-state index in [0.29, 0.717) is 20.1 Å². The molecular formula is C35H26ClN3O5S. The average molecular weight is 636 g/mol. The van der Waals surface area contributed by atoms with E-state index < -0.39 is 11.0 Å². The number of aryl methyl sites for hydroxylation is 1. The fraction of sp³-hybridized carbons (Fsp3) is 0.143. The molecule has 1 aliphatic heterocycles. The lowest BCUT2D eigenvalue weighted by atomic mass is 9.83. The van der Waals surface area contributed by atoms with E-state index in [2.05, 4.69) is 12.1 Å². The number of nitro groups is 1. The Labute approximate surface area is 266 Å². The van der Waals surface area contributed by atoms with Gasteiger partial charge in [0.15, 0.2) is 16.3 Å². The maximum atomic E-state index is 14.2. The lowest BCUT2D eigenvalue weighted by Crippen LogP contribution is -2.38. The Morgan fingerprint density at radius 3 is 2.56 bits per heavy atom. The molecule has 8 nitrogen and oxygen atoms in total. The molecule has 0 unspecified atom stereocenters. The van der Waals surface area contributed by atoms with E-state index in [0.717, 1.165) is 40.8 Å². The Hall–Kier alpha value is -4.99. The van der Waals surface area contributed by atoms with Gasteiger partial charge in [-0.05, 0) is 53.3 Å². The summed E-state index contributed by atoms with van der Waals surface area (Å²) in [6, 6.07) is 27.6. The Morgan fingerprint density at radius 1 is 1.02 bits per heavy atom. The number of nitrogens with zero attached hydrogens (tertiary/aromatic N) is 3. The second kappa shape index (κ2) is 11.8. The van der Waals surface area contributed by atoms with Crippen LogP contribution in [0, 0.1) is 10.1 Å². The van der Waals surface area contributed by atoms with E-state index in [-0.39, 0.29) is 29.2 Å². The van der Waals surface area contributed by atoms with Crippen molar-refractivity contribution >= 4 is 40.4 Å². The zero-order chi connectivity index (χ0) is 31.1. The second-order valence-electron chi connectivity index (χ2n) is 10.7. The Bertz CT molecular complexity index is 2190. The standard InChI is InChI=1S/C35H26ClN3O5S/c1-43-29-17-23(28(39(41)42)19-30(29)44-20-21-9-3-2-4-10-21)18-31-34(40)38-33(25-13-7-8-14-27(25)36)26-16-15-22-11-5-6-12-24(22)32(26)37-35(38)45-31/h2-14,17-19,33H,15-16,20H2,1H3/t33-/m0/s1. The van der Waals surface area contributed by atoms with Gasteiger partial charge in [-0.25, -0.2) is 4.99 Å². The summed E-state index contributed by atoms with van der Waals surface area (Å²) in [5.74, 6) is 0.549. The second-order valence-corrected chi connectivity index (χ2v) is 12.1. The number of allylic oxidation sites excluding steroid dienone is 1. The van der Waals surface area contributed by atoms with Crippen LogP contribution in [0.25, 0.3) is 11.8 Å². The summed E-state index contributed by atoms with van der Waals surface area (Å²) in [6.07, 6.45) is 3.08. The number of benzene rings is 4. The smallest absolute Gasteiger partial charge is 0.280 e. The first-order valence-electron chi connectivity index (χ1n) is 14.3. The van der Waals surface area contributed by atoms with Crippen molar-refractivity contribution in [1.82, 2.24) is 4.57 Å². The molecule has 5 aromatic rings. The number of fused-ring (bicyclic) bond motifs is 3. The van der Waals surface area contributed by atoms with Gasteiger partial charge in [-0.3, -0.25) is 19.5 Å². The maximum Gasteiger partial charge on any atom is 0.280 e. The van der Waals surface area contributed by atoms with Crippen LogP contribution in [0.5, 0.6) is 11.5 Å². The van der Waals surface area contributed by atoms with Crippen LogP contribution in [0.1, 0.15) is 40.3 Å². The third kappa shape index (κ3) is 5.24. The van der Waals surface area contributed by atoms with Crippen LogP contribution in [-0.4, -0.2) is 16.6 Å². The van der Waals surface area contributed by atoms with Crippen LogP contribution in [0.2, 0.25) is 5.02 Å². The van der Waals surface area contributed by atoms with Crippen molar-refractivity contribution < 1.29 is 14.4 Å². The number of rotatable bonds is 7. The first-order valence-corrected chi connectivity index (χ1v) is 15.5. The van der Waals surface area contributed by atoms with Crippen LogP contribution in [0.3, 0.4) is 0 Å². The van der Waals surface area contributed by atoms with Gasteiger partial charge in [0.25, 0.3) is 11.2 Å². The van der Waals surface area contributed by atoms with Crippen LogP contribution < -0.4 is 24.4 Å². The number of hydrogen-bond donors (Lipinski definition) is 0. The molecule has 1 aliphatic carbocycles. The molecule has 224 valence electrons. The number of ether oxygens (including phenoxy) is 2. The van der Waals surface area contributed by atoms with Gasteiger partial charge in [0.2, 0.25) is 0 Å². The van der Waals surface area contributed by atoms with E-state index in [4.69, 9.17) is 26.1 Å². The summed E-state index contributed by atoms with van der Waals surface area (Å²) in [5.41, 5.74) is 5.54. The average Bonchev–Trinajstić information content (AvgIpc) is 3.37. The number of thiazole rings is 1. The normalized spacial score (nSPS) is 15.5. The number of hydrogen-bond acceptors (Lipinski definition) is 7. The third-order valence-corrected chi connectivity index (χ3v) is 9.43. The Morgan fingerprint density at radius 2 is 1.78 bits per heavy atom. The van der Waals surface area contributed by atoms with Crippen molar-refractivity contribution in [2.75, 3.05) is 7.11 Å². The molecule has 4 aromatic carbocycles. The summed E-state index contributed by atoms with van der Waals surface area (Å²) in [5, 5.41) is 12.8. The molecule has 45 heavy (non-hydrogen) atoms. The quantitative estimate of drug-likeness (QED) is 0.151. The molecular weight excluding hydrogens is 610 g/mol. The molecule has 0 fully saturated rings. The van der Waals surface area contributed by atoms with Gasteiger partial charge >= 0.3 is 0 Å². The molecule has 1 atom stereocenters. The van der Waals surface area contributed by atoms with Gasteiger partial charge in [0.05, 0.1) is 39.9 Å². The van der Waals surface area contributed by atoms with Gasteiger partial charge in [-0.15, -0.1) is 0 Å². The molecule has 10 heteroatoms.